The molecule has 0 saturated carbocycles. The highest BCUT2D eigenvalue weighted by Gasteiger charge is 2.20. The summed E-state index contributed by atoms with van der Waals surface area (Å²) >= 11 is 3.58. The highest BCUT2D eigenvalue weighted by Crippen LogP contribution is 2.33. The van der Waals surface area contributed by atoms with Crippen LogP contribution in [-0.4, -0.2) is 12.6 Å². The number of hydrogen-bond donors (Lipinski definition) is 1. The maximum absolute atomic E-state index is 3.58. The van der Waals surface area contributed by atoms with Crippen molar-refractivity contribution >= 4 is 15.9 Å². The van der Waals surface area contributed by atoms with Gasteiger partial charge in [0.25, 0.3) is 0 Å². The van der Waals surface area contributed by atoms with Crippen LogP contribution < -0.4 is 5.32 Å². The van der Waals surface area contributed by atoms with Crippen LogP contribution in [0.15, 0.2) is 22.7 Å². The summed E-state index contributed by atoms with van der Waals surface area (Å²) in [5, 5.41) is 3.56. The molecule has 1 nitrogen and oxygen atoms in total. The minimum atomic E-state index is 0.581. The van der Waals surface area contributed by atoms with E-state index in [9.17, 15) is 0 Å². The minimum absolute atomic E-state index is 0.581. The van der Waals surface area contributed by atoms with Crippen LogP contribution in [0.1, 0.15) is 43.7 Å². The lowest BCUT2D eigenvalue weighted by molar-refractivity contribution is 0.479. The van der Waals surface area contributed by atoms with Gasteiger partial charge >= 0.3 is 0 Å². The van der Waals surface area contributed by atoms with Crippen LogP contribution in [0.4, 0.5) is 0 Å². The molecule has 1 aromatic carbocycles. The highest BCUT2D eigenvalue weighted by molar-refractivity contribution is 9.10. The smallest absolute Gasteiger partial charge is 0.0178 e. The van der Waals surface area contributed by atoms with Crippen molar-refractivity contribution in [2.75, 3.05) is 6.54 Å². The lowest BCUT2D eigenvalue weighted by Gasteiger charge is -2.26. The number of hydrogen-bond acceptors (Lipinski definition) is 1. The Bertz CT molecular complexity index is 360. The number of benzene rings is 1. The molecule has 0 radical (unpaired) electrons. The van der Waals surface area contributed by atoms with E-state index in [1.807, 2.05) is 0 Å². The van der Waals surface area contributed by atoms with Crippen molar-refractivity contribution in [2.24, 2.45) is 0 Å². The van der Waals surface area contributed by atoms with E-state index >= 15 is 0 Å². The van der Waals surface area contributed by atoms with E-state index < -0.39 is 0 Å². The molecule has 0 aliphatic heterocycles. The van der Waals surface area contributed by atoms with Crippen molar-refractivity contribution in [1.29, 1.82) is 0 Å². The third-order valence-corrected chi connectivity index (χ3v) is 3.81. The molecule has 0 bridgehead atoms. The summed E-state index contributed by atoms with van der Waals surface area (Å²) in [6.45, 7) is 5.54. The molecule has 0 spiro atoms. The topological polar surface area (TPSA) is 12.0 Å². The molecule has 0 heterocycles. The highest BCUT2D eigenvalue weighted by atomic mass is 79.9. The van der Waals surface area contributed by atoms with Gasteiger partial charge in [-0.3, -0.25) is 0 Å². The second-order valence-corrected chi connectivity index (χ2v) is 5.91. The van der Waals surface area contributed by atoms with E-state index in [0.717, 1.165) is 6.54 Å². The monoisotopic (exact) mass is 281 g/mol. The van der Waals surface area contributed by atoms with Gasteiger partial charge in [0, 0.05) is 17.1 Å². The van der Waals surface area contributed by atoms with Crippen molar-refractivity contribution < 1.29 is 0 Å². The molecule has 2 heteroatoms. The first-order valence-electron chi connectivity index (χ1n) is 6.18. The van der Waals surface area contributed by atoms with Gasteiger partial charge in [-0.15, -0.1) is 0 Å². The first-order valence-corrected chi connectivity index (χ1v) is 6.98. The van der Waals surface area contributed by atoms with E-state index in [0.29, 0.717) is 12.0 Å². The van der Waals surface area contributed by atoms with E-state index in [-0.39, 0.29) is 0 Å². The van der Waals surface area contributed by atoms with Crippen molar-refractivity contribution in [1.82, 2.24) is 5.32 Å². The first-order chi connectivity index (χ1) is 7.66. The Kier molecular flexibility index (Phi) is 4.04. The summed E-state index contributed by atoms with van der Waals surface area (Å²) in [5.41, 5.74) is 3.10. The van der Waals surface area contributed by atoms with Gasteiger partial charge in [-0.05, 0) is 48.4 Å². The van der Waals surface area contributed by atoms with Gasteiger partial charge in [0.1, 0.15) is 0 Å². The number of aryl methyl sites for hydroxylation is 1. The van der Waals surface area contributed by atoms with Crippen molar-refractivity contribution in [2.45, 2.75) is 45.1 Å². The second kappa shape index (κ2) is 5.33. The van der Waals surface area contributed by atoms with Crippen LogP contribution in [0.25, 0.3) is 0 Å². The van der Waals surface area contributed by atoms with Crippen LogP contribution in [0.2, 0.25) is 0 Å². The fourth-order valence-corrected chi connectivity index (χ4v) is 2.84. The molecule has 88 valence electrons. The molecule has 1 unspecified atom stereocenters. The molecule has 0 fully saturated rings. The molecule has 1 atom stereocenters. The Morgan fingerprint density at radius 3 is 3.00 bits per heavy atom. The Balaban J connectivity index is 2.15. The zero-order valence-electron chi connectivity index (χ0n) is 10.1. The number of fused-ring (bicyclic) bond motifs is 1. The normalized spacial score (nSPS) is 19.9. The van der Waals surface area contributed by atoms with Gasteiger partial charge in [0.2, 0.25) is 0 Å². The minimum Gasteiger partial charge on any atom is -0.314 e. The van der Waals surface area contributed by atoms with Gasteiger partial charge in [-0.2, -0.15) is 0 Å². The van der Waals surface area contributed by atoms with Crippen LogP contribution in [0.3, 0.4) is 0 Å². The SMILES string of the molecule is CC(C)NCC1CCCc2ccc(Br)cc21. The molecule has 16 heavy (non-hydrogen) atoms. The number of halogens is 1. The quantitative estimate of drug-likeness (QED) is 0.887. The zero-order chi connectivity index (χ0) is 11.5. The van der Waals surface area contributed by atoms with Crippen molar-refractivity contribution in [3.8, 4) is 0 Å². The van der Waals surface area contributed by atoms with Crippen molar-refractivity contribution in [3.63, 3.8) is 0 Å². The summed E-state index contributed by atoms with van der Waals surface area (Å²) in [6, 6.07) is 7.33. The Hall–Kier alpha value is -0.340. The van der Waals surface area contributed by atoms with Crippen LogP contribution in [0.5, 0.6) is 0 Å². The molecule has 0 saturated heterocycles. The molecule has 0 amide bonds. The average Bonchev–Trinajstić information content (AvgIpc) is 2.26. The summed E-state index contributed by atoms with van der Waals surface area (Å²) in [6.07, 6.45) is 3.91. The summed E-state index contributed by atoms with van der Waals surface area (Å²) < 4.78 is 1.21. The first kappa shape index (κ1) is 12.1. The standard InChI is InChI=1S/C14H20BrN/c1-10(2)16-9-12-5-3-4-11-6-7-13(15)8-14(11)12/h6-8,10,12,16H,3-5,9H2,1-2H3. The van der Waals surface area contributed by atoms with Gasteiger partial charge in [0.15, 0.2) is 0 Å². The fraction of sp³-hybridized carbons (Fsp3) is 0.571. The number of nitrogens with one attached hydrogen (secondary N) is 1. The molecule has 0 aromatic heterocycles. The van der Waals surface area contributed by atoms with Crippen LogP contribution in [-0.2, 0) is 6.42 Å². The summed E-state index contributed by atoms with van der Waals surface area (Å²) in [7, 11) is 0. The van der Waals surface area contributed by atoms with Gasteiger partial charge in [-0.1, -0.05) is 35.8 Å². The Labute approximate surface area is 107 Å². The van der Waals surface area contributed by atoms with E-state index in [4.69, 9.17) is 0 Å². The lowest BCUT2D eigenvalue weighted by atomic mass is 9.83. The van der Waals surface area contributed by atoms with E-state index in [2.05, 4.69) is 53.3 Å². The molecular weight excluding hydrogens is 262 g/mol. The fourth-order valence-electron chi connectivity index (χ4n) is 2.46. The van der Waals surface area contributed by atoms with Gasteiger partial charge < -0.3 is 5.32 Å². The van der Waals surface area contributed by atoms with Crippen molar-refractivity contribution in [3.05, 3.63) is 33.8 Å². The van der Waals surface area contributed by atoms with Gasteiger partial charge in [-0.25, -0.2) is 0 Å². The third-order valence-electron chi connectivity index (χ3n) is 3.32. The van der Waals surface area contributed by atoms with Crippen LogP contribution in [0, 0.1) is 0 Å². The largest absolute Gasteiger partial charge is 0.314 e. The molecule has 1 aliphatic carbocycles. The molecule has 2 rings (SSSR count). The Morgan fingerprint density at radius 2 is 2.25 bits per heavy atom. The van der Waals surface area contributed by atoms with E-state index in [1.165, 1.54) is 23.7 Å². The average molecular weight is 282 g/mol. The number of rotatable bonds is 3. The Morgan fingerprint density at radius 1 is 1.44 bits per heavy atom. The summed E-state index contributed by atoms with van der Waals surface area (Å²) in [4.78, 5) is 0. The maximum Gasteiger partial charge on any atom is 0.0178 e. The molecular formula is C14H20BrN. The maximum atomic E-state index is 3.58. The predicted molar refractivity (Wildman–Crippen MR) is 73.0 cm³/mol. The van der Waals surface area contributed by atoms with Gasteiger partial charge in [0.05, 0.1) is 0 Å². The molecule has 1 N–H and O–H groups in total. The second-order valence-electron chi connectivity index (χ2n) is 5.00. The lowest BCUT2D eigenvalue weighted by Crippen LogP contribution is -2.29. The van der Waals surface area contributed by atoms with Crippen LogP contribution >= 0.6 is 15.9 Å². The molecule has 1 aliphatic rings. The zero-order valence-corrected chi connectivity index (χ0v) is 11.7. The third kappa shape index (κ3) is 2.86. The molecule has 1 aromatic rings. The summed E-state index contributed by atoms with van der Waals surface area (Å²) in [5.74, 6) is 0.698. The van der Waals surface area contributed by atoms with E-state index in [1.54, 1.807) is 11.1 Å². The predicted octanol–water partition coefficient (Wildman–Crippen LogP) is 3.87.